The summed E-state index contributed by atoms with van der Waals surface area (Å²) in [5.41, 5.74) is 2.58. The molecule has 5 heteroatoms. The van der Waals surface area contributed by atoms with Gasteiger partial charge in [-0.05, 0) is 37.9 Å². The number of benzene rings is 1. The third kappa shape index (κ3) is 4.51. The number of nitrogens with zero attached hydrogens (tertiary/aromatic N) is 1. The molecule has 1 saturated heterocycles. The topological polar surface area (TPSA) is 68.2 Å². The van der Waals surface area contributed by atoms with Gasteiger partial charge in [0.1, 0.15) is 0 Å². The molecule has 0 aliphatic carbocycles. The Morgan fingerprint density at radius 1 is 1.25 bits per heavy atom. The van der Waals surface area contributed by atoms with Crippen LogP contribution in [0.15, 0.2) is 36.5 Å². The Kier molecular flexibility index (Phi) is 6.46. The van der Waals surface area contributed by atoms with Gasteiger partial charge in [-0.3, -0.25) is 4.79 Å². The van der Waals surface area contributed by atoms with Gasteiger partial charge in [0.2, 0.25) is 0 Å². The van der Waals surface area contributed by atoms with Crippen LogP contribution in [-0.4, -0.2) is 43.7 Å². The monoisotopic (exact) mass is 274 g/mol. The molecule has 108 valence electrons. The molecule has 0 radical (unpaired) electrons. The van der Waals surface area contributed by atoms with E-state index in [1.807, 2.05) is 36.1 Å². The summed E-state index contributed by atoms with van der Waals surface area (Å²) in [4.78, 5) is 14.1. The summed E-state index contributed by atoms with van der Waals surface area (Å²) in [6.07, 6.45) is 0. The molecule has 0 atom stereocenters. The van der Waals surface area contributed by atoms with Crippen molar-refractivity contribution in [1.82, 2.24) is 10.2 Å². The van der Waals surface area contributed by atoms with Crippen LogP contribution in [0.25, 0.3) is 0 Å². The lowest BCUT2D eigenvalue weighted by atomic mass is 10.1. The molecule has 1 aromatic carbocycles. The SMILES string of the molecule is C=C(C)Nc1ccc(C(=O)N2CCNCC2)cc1.C=N. The van der Waals surface area contributed by atoms with Crippen LogP contribution in [0.1, 0.15) is 17.3 Å². The van der Waals surface area contributed by atoms with Crippen molar-refractivity contribution >= 4 is 18.3 Å². The van der Waals surface area contributed by atoms with Crippen LogP contribution in [0.2, 0.25) is 0 Å². The molecule has 2 rings (SSSR count). The second-order valence-electron chi connectivity index (χ2n) is 4.52. The highest BCUT2D eigenvalue weighted by molar-refractivity contribution is 5.94. The van der Waals surface area contributed by atoms with Crippen LogP contribution in [0.5, 0.6) is 0 Å². The van der Waals surface area contributed by atoms with Crippen LogP contribution in [-0.2, 0) is 0 Å². The van der Waals surface area contributed by atoms with Gasteiger partial charge in [0.25, 0.3) is 5.91 Å². The number of amides is 1. The maximum absolute atomic E-state index is 12.2. The van der Waals surface area contributed by atoms with Crippen LogP contribution in [0, 0.1) is 5.41 Å². The number of nitrogens with one attached hydrogen (secondary N) is 3. The number of piperazine rings is 1. The third-order valence-corrected chi connectivity index (χ3v) is 2.89. The number of hydrogen-bond acceptors (Lipinski definition) is 4. The zero-order valence-corrected chi connectivity index (χ0v) is 11.9. The van der Waals surface area contributed by atoms with Crippen LogP contribution in [0.4, 0.5) is 5.69 Å². The Labute approximate surface area is 120 Å². The number of anilines is 1. The number of rotatable bonds is 3. The van der Waals surface area contributed by atoms with Gasteiger partial charge in [-0.15, -0.1) is 0 Å². The third-order valence-electron chi connectivity index (χ3n) is 2.89. The zero-order valence-electron chi connectivity index (χ0n) is 11.9. The lowest BCUT2D eigenvalue weighted by Crippen LogP contribution is -2.46. The Morgan fingerprint density at radius 3 is 2.30 bits per heavy atom. The van der Waals surface area contributed by atoms with Crippen molar-refractivity contribution in [3.8, 4) is 0 Å². The number of hydrogen-bond donors (Lipinski definition) is 3. The summed E-state index contributed by atoms with van der Waals surface area (Å²) in [7, 11) is 0. The first-order valence-corrected chi connectivity index (χ1v) is 6.55. The molecule has 0 aromatic heterocycles. The van der Waals surface area contributed by atoms with Crippen molar-refractivity contribution in [1.29, 1.82) is 5.41 Å². The zero-order chi connectivity index (χ0) is 15.0. The highest BCUT2D eigenvalue weighted by atomic mass is 16.2. The molecule has 0 unspecified atom stereocenters. The molecule has 0 bridgehead atoms. The summed E-state index contributed by atoms with van der Waals surface area (Å²) in [5.74, 6) is 0.110. The highest BCUT2D eigenvalue weighted by Crippen LogP contribution is 2.13. The minimum absolute atomic E-state index is 0.110. The fourth-order valence-electron chi connectivity index (χ4n) is 1.99. The van der Waals surface area contributed by atoms with E-state index >= 15 is 0 Å². The van der Waals surface area contributed by atoms with Crippen LogP contribution >= 0.6 is 0 Å². The summed E-state index contributed by atoms with van der Waals surface area (Å²) in [6.45, 7) is 11.5. The first kappa shape index (κ1) is 15.9. The van der Waals surface area contributed by atoms with Crippen LogP contribution < -0.4 is 10.6 Å². The van der Waals surface area contributed by atoms with Crippen LogP contribution in [0.3, 0.4) is 0 Å². The molecule has 1 fully saturated rings. The quantitative estimate of drug-likeness (QED) is 0.738. The van der Waals surface area contributed by atoms with Crippen molar-refractivity contribution in [2.45, 2.75) is 6.92 Å². The van der Waals surface area contributed by atoms with Gasteiger partial charge < -0.3 is 20.9 Å². The average Bonchev–Trinajstić information content (AvgIpc) is 2.50. The summed E-state index contributed by atoms with van der Waals surface area (Å²) < 4.78 is 0. The first-order valence-electron chi connectivity index (χ1n) is 6.55. The number of carbonyl (C=O) groups is 1. The van der Waals surface area contributed by atoms with Crippen molar-refractivity contribution in [3.05, 3.63) is 42.1 Å². The van der Waals surface area contributed by atoms with Crippen molar-refractivity contribution in [2.24, 2.45) is 0 Å². The Balaban J connectivity index is 0.000000956. The maximum atomic E-state index is 12.2. The van der Waals surface area contributed by atoms with Gasteiger partial charge >= 0.3 is 0 Å². The predicted octanol–water partition coefficient (Wildman–Crippen LogP) is 1.94. The van der Waals surface area contributed by atoms with E-state index in [0.717, 1.165) is 43.1 Å². The Morgan fingerprint density at radius 2 is 1.80 bits per heavy atom. The Bertz CT molecular complexity index is 449. The first-order chi connectivity index (χ1) is 9.66. The number of allylic oxidation sites excluding steroid dienone is 1. The van der Waals surface area contributed by atoms with Gasteiger partial charge in [0, 0.05) is 43.1 Å². The van der Waals surface area contributed by atoms with Gasteiger partial charge in [-0.2, -0.15) is 0 Å². The molecule has 20 heavy (non-hydrogen) atoms. The molecule has 1 aliphatic heterocycles. The fraction of sp³-hybridized carbons (Fsp3) is 0.333. The molecular formula is C15H22N4O. The predicted molar refractivity (Wildman–Crippen MR) is 83.5 cm³/mol. The molecule has 3 N–H and O–H groups in total. The van der Waals surface area contributed by atoms with Crippen molar-refractivity contribution in [3.63, 3.8) is 0 Å². The van der Waals surface area contributed by atoms with E-state index in [1.54, 1.807) is 0 Å². The van der Waals surface area contributed by atoms with E-state index in [0.29, 0.717) is 0 Å². The molecule has 1 aliphatic rings. The second kappa shape index (κ2) is 8.12. The minimum Gasteiger partial charge on any atom is -0.360 e. The van der Waals surface area contributed by atoms with E-state index < -0.39 is 0 Å². The fourth-order valence-corrected chi connectivity index (χ4v) is 1.99. The molecule has 1 aromatic rings. The van der Waals surface area contributed by atoms with Gasteiger partial charge in [-0.1, -0.05) is 6.58 Å². The average molecular weight is 274 g/mol. The molecular weight excluding hydrogens is 252 g/mol. The van der Waals surface area contributed by atoms with E-state index in [4.69, 9.17) is 5.41 Å². The highest BCUT2D eigenvalue weighted by Gasteiger charge is 2.17. The largest absolute Gasteiger partial charge is 0.360 e. The molecule has 1 amide bonds. The molecule has 5 nitrogen and oxygen atoms in total. The lowest BCUT2D eigenvalue weighted by Gasteiger charge is -2.27. The van der Waals surface area contributed by atoms with Gasteiger partial charge in [-0.25, -0.2) is 0 Å². The van der Waals surface area contributed by atoms with E-state index in [2.05, 4.69) is 23.9 Å². The van der Waals surface area contributed by atoms with Crippen molar-refractivity contribution in [2.75, 3.05) is 31.5 Å². The normalized spacial score (nSPS) is 13.9. The van der Waals surface area contributed by atoms with Crippen molar-refractivity contribution < 1.29 is 4.79 Å². The molecule has 1 heterocycles. The smallest absolute Gasteiger partial charge is 0.253 e. The lowest BCUT2D eigenvalue weighted by molar-refractivity contribution is 0.0736. The standard InChI is InChI=1S/C14H19N3O.CH3N/c1-11(2)16-13-5-3-12(4-6-13)14(18)17-9-7-15-8-10-17;1-2/h3-6,15-16H,1,7-10H2,2H3;2H,1H2. The summed E-state index contributed by atoms with van der Waals surface area (Å²) in [6, 6.07) is 7.53. The number of carbonyl (C=O) groups excluding carboxylic acids is 1. The summed E-state index contributed by atoms with van der Waals surface area (Å²) in [5, 5.41) is 11.9. The van der Waals surface area contributed by atoms with E-state index in [1.165, 1.54) is 0 Å². The minimum atomic E-state index is 0.110. The van der Waals surface area contributed by atoms with Gasteiger partial charge in [0.15, 0.2) is 0 Å². The maximum Gasteiger partial charge on any atom is 0.253 e. The Hall–Kier alpha value is -2.14. The molecule has 0 spiro atoms. The van der Waals surface area contributed by atoms with E-state index in [-0.39, 0.29) is 5.91 Å². The second-order valence-corrected chi connectivity index (χ2v) is 4.52. The summed E-state index contributed by atoms with van der Waals surface area (Å²) >= 11 is 0. The molecule has 0 saturated carbocycles. The van der Waals surface area contributed by atoms with Gasteiger partial charge in [0.05, 0.1) is 0 Å². The van der Waals surface area contributed by atoms with E-state index in [9.17, 15) is 4.79 Å².